The molecule has 0 aliphatic carbocycles. The molecular formula is C31H41N7O4S. The van der Waals surface area contributed by atoms with Crippen LogP contribution in [-0.4, -0.2) is 44.7 Å². The van der Waals surface area contributed by atoms with Gasteiger partial charge in [0.05, 0.1) is 5.75 Å². The van der Waals surface area contributed by atoms with E-state index in [-0.39, 0.29) is 31.0 Å². The van der Waals surface area contributed by atoms with Gasteiger partial charge in [0, 0.05) is 25.1 Å². The van der Waals surface area contributed by atoms with Gasteiger partial charge in [0.2, 0.25) is 21.8 Å². The zero-order chi connectivity index (χ0) is 31.2. The fraction of sp³-hybridized carbons (Fsp3) is 0.323. The number of nitrogens with one attached hydrogen (secondary N) is 4. The minimum absolute atomic E-state index is 0.0570. The first kappa shape index (κ1) is 33.4. The molecule has 10 N–H and O–H groups in total. The van der Waals surface area contributed by atoms with Gasteiger partial charge in [-0.2, -0.15) is 0 Å². The minimum atomic E-state index is -3.88. The summed E-state index contributed by atoms with van der Waals surface area (Å²) in [5, 5.41) is 13.2. The minimum Gasteiger partial charge on any atom is -0.384 e. The molecule has 3 rings (SSSR count). The van der Waals surface area contributed by atoms with Crippen LogP contribution in [0.15, 0.2) is 78.9 Å². The van der Waals surface area contributed by atoms with E-state index in [9.17, 15) is 18.0 Å². The van der Waals surface area contributed by atoms with Crippen LogP contribution in [0.5, 0.6) is 0 Å². The number of carbonyl (C=O) groups is 2. The maximum atomic E-state index is 13.6. The topological polar surface area (TPSA) is 206 Å². The Labute approximate surface area is 253 Å². The first-order valence-corrected chi connectivity index (χ1v) is 15.8. The van der Waals surface area contributed by atoms with E-state index in [2.05, 4.69) is 15.4 Å². The van der Waals surface area contributed by atoms with Crippen LogP contribution in [0.1, 0.15) is 47.1 Å². The van der Waals surface area contributed by atoms with Crippen molar-refractivity contribution in [2.24, 2.45) is 17.2 Å². The molecule has 2 unspecified atom stereocenters. The highest BCUT2D eigenvalue weighted by Gasteiger charge is 2.29. The number of rotatable bonds is 17. The number of unbranched alkanes of at least 4 members (excludes halogenated alkanes) is 1. The molecule has 3 aromatic carbocycles. The lowest BCUT2D eigenvalue weighted by Gasteiger charge is -2.23. The number of hydrogen-bond acceptors (Lipinski definition) is 7. The lowest BCUT2D eigenvalue weighted by Crippen LogP contribution is -2.54. The van der Waals surface area contributed by atoms with Gasteiger partial charge in [-0.25, -0.2) is 13.1 Å². The number of nitrogens with two attached hydrogens (primary N) is 3. The van der Waals surface area contributed by atoms with Crippen LogP contribution >= 0.6 is 0 Å². The molecule has 3 aromatic rings. The van der Waals surface area contributed by atoms with Crippen molar-refractivity contribution >= 4 is 27.7 Å². The van der Waals surface area contributed by atoms with Crippen LogP contribution < -0.4 is 32.6 Å². The van der Waals surface area contributed by atoms with E-state index in [4.69, 9.17) is 22.6 Å². The summed E-state index contributed by atoms with van der Waals surface area (Å²) in [5.41, 5.74) is 20.6. The zero-order valence-corrected chi connectivity index (χ0v) is 24.9. The van der Waals surface area contributed by atoms with E-state index >= 15 is 0 Å². The van der Waals surface area contributed by atoms with Crippen molar-refractivity contribution in [2.45, 2.75) is 56.6 Å². The van der Waals surface area contributed by atoms with E-state index in [0.717, 1.165) is 16.7 Å². The molecule has 0 aliphatic heterocycles. The quantitative estimate of drug-likeness (QED) is 0.0681. The molecular weight excluding hydrogens is 566 g/mol. The maximum Gasteiger partial charge on any atom is 0.243 e. The molecule has 0 saturated heterocycles. The van der Waals surface area contributed by atoms with Crippen molar-refractivity contribution in [1.29, 1.82) is 5.41 Å². The Bertz CT molecular complexity index is 1460. The second-order valence-electron chi connectivity index (χ2n) is 10.3. The molecule has 0 fully saturated rings. The summed E-state index contributed by atoms with van der Waals surface area (Å²) in [6.45, 7) is 0.899. The van der Waals surface area contributed by atoms with E-state index < -0.39 is 33.9 Å². The highest BCUT2D eigenvalue weighted by molar-refractivity contribution is 7.88. The average molecular weight is 608 g/mol. The Kier molecular flexibility index (Phi) is 12.8. The molecule has 2 amide bonds. The summed E-state index contributed by atoms with van der Waals surface area (Å²) in [6, 6.07) is 20.9. The van der Waals surface area contributed by atoms with Crippen LogP contribution in [0, 0.1) is 5.41 Å². The van der Waals surface area contributed by atoms with Crippen molar-refractivity contribution in [3.63, 3.8) is 0 Å². The van der Waals surface area contributed by atoms with Gasteiger partial charge in [-0.05, 0) is 41.6 Å². The third-order valence-electron chi connectivity index (χ3n) is 6.82. The van der Waals surface area contributed by atoms with Gasteiger partial charge < -0.3 is 27.8 Å². The monoisotopic (exact) mass is 607 g/mol. The van der Waals surface area contributed by atoms with Gasteiger partial charge in [-0.15, -0.1) is 0 Å². The molecule has 0 spiro atoms. The Morgan fingerprint density at radius 3 is 2.12 bits per heavy atom. The predicted octanol–water partition coefficient (Wildman–Crippen LogP) is 1.39. The second-order valence-corrected chi connectivity index (χ2v) is 12.1. The predicted molar refractivity (Wildman–Crippen MR) is 168 cm³/mol. The first-order chi connectivity index (χ1) is 20.6. The van der Waals surface area contributed by atoms with Gasteiger partial charge in [0.1, 0.15) is 17.9 Å². The number of amidine groups is 1. The number of nitrogen functional groups attached to an aromatic ring is 1. The normalized spacial score (nSPS) is 12.7. The SMILES string of the molecule is N=C(N)c1ccc(CNC(=O)C(Cc2cccc(CN)c2)NC(=O)C(CCCCN)NS(=O)(=O)Cc2ccccc2)cc1. The second kappa shape index (κ2) is 16.5. The Hall–Kier alpha value is -4.10. The third-order valence-corrected chi connectivity index (χ3v) is 8.17. The highest BCUT2D eigenvalue weighted by Crippen LogP contribution is 2.12. The van der Waals surface area contributed by atoms with Crippen LogP contribution in [-0.2, 0) is 44.9 Å². The summed E-state index contributed by atoms with van der Waals surface area (Å²) >= 11 is 0. The van der Waals surface area contributed by atoms with Crippen molar-refractivity contribution in [3.05, 3.63) is 107 Å². The van der Waals surface area contributed by atoms with Gasteiger partial charge in [-0.3, -0.25) is 15.0 Å². The molecule has 43 heavy (non-hydrogen) atoms. The van der Waals surface area contributed by atoms with Crippen LogP contribution in [0.4, 0.5) is 0 Å². The summed E-state index contributed by atoms with van der Waals surface area (Å²) in [7, 11) is -3.88. The smallest absolute Gasteiger partial charge is 0.243 e. The van der Waals surface area contributed by atoms with Crippen LogP contribution in [0.25, 0.3) is 0 Å². The standard InChI is InChI=1S/C31H41N7O4S/c32-16-5-4-11-27(38-43(41,42)21-23-7-2-1-3-8-23)31(40)37-28(18-24-9-6-10-25(17-24)19-33)30(39)36-20-22-12-14-26(15-13-22)29(34)35/h1-3,6-10,12-15,17,27-28,38H,4-5,11,16,18-21,32-33H2,(H3,34,35)(H,36,39)(H,37,40). The summed E-state index contributed by atoms with van der Waals surface area (Å²) < 4.78 is 28.6. The van der Waals surface area contributed by atoms with E-state index in [0.29, 0.717) is 37.1 Å². The molecule has 0 bridgehead atoms. The third kappa shape index (κ3) is 11.2. The summed E-state index contributed by atoms with van der Waals surface area (Å²) in [4.78, 5) is 27.0. The van der Waals surface area contributed by atoms with E-state index in [1.54, 1.807) is 54.6 Å². The highest BCUT2D eigenvalue weighted by atomic mass is 32.2. The van der Waals surface area contributed by atoms with Crippen molar-refractivity contribution in [2.75, 3.05) is 6.54 Å². The zero-order valence-electron chi connectivity index (χ0n) is 24.1. The molecule has 0 aliphatic rings. The molecule has 12 heteroatoms. The molecule has 0 radical (unpaired) electrons. The number of sulfonamides is 1. The Balaban J connectivity index is 1.79. The van der Waals surface area contributed by atoms with Gasteiger partial charge >= 0.3 is 0 Å². The summed E-state index contributed by atoms with van der Waals surface area (Å²) in [6.07, 6.45) is 1.52. The number of benzene rings is 3. The van der Waals surface area contributed by atoms with Crippen LogP contribution in [0.2, 0.25) is 0 Å². The van der Waals surface area contributed by atoms with E-state index in [1.165, 1.54) is 0 Å². The Morgan fingerprint density at radius 1 is 0.791 bits per heavy atom. The van der Waals surface area contributed by atoms with E-state index in [1.807, 2.05) is 24.3 Å². The van der Waals surface area contributed by atoms with Gasteiger partial charge in [-0.1, -0.05) is 85.3 Å². The van der Waals surface area contributed by atoms with Crippen molar-refractivity contribution < 1.29 is 18.0 Å². The van der Waals surface area contributed by atoms with Crippen molar-refractivity contribution in [1.82, 2.24) is 15.4 Å². The lowest BCUT2D eigenvalue weighted by molar-refractivity contribution is -0.130. The average Bonchev–Trinajstić information content (AvgIpc) is 2.99. The Morgan fingerprint density at radius 2 is 1.47 bits per heavy atom. The molecule has 0 heterocycles. The van der Waals surface area contributed by atoms with Gasteiger partial charge in [0.25, 0.3) is 0 Å². The maximum absolute atomic E-state index is 13.6. The fourth-order valence-electron chi connectivity index (χ4n) is 4.50. The summed E-state index contributed by atoms with van der Waals surface area (Å²) in [5.74, 6) is -1.38. The molecule has 2 atom stereocenters. The number of amides is 2. The molecule has 0 aromatic heterocycles. The van der Waals surface area contributed by atoms with Crippen LogP contribution in [0.3, 0.4) is 0 Å². The van der Waals surface area contributed by atoms with Crippen molar-refractivity contribution in [3.8, 4) is 0 Å². The molecule has 0 saturated carbocycles. The van der Waals surface area contributed by atoms with Gasteiger partial charge in [0.15, 0.2) is 0 Å². The lowest BCUT2D eigenvalue weighted by atomic mass is 10.0. The first-order valence-electron chi connectivity index (χ1n) is 14.1. The number of carbonyl (C=O) groups excluding carboxylic acids is 2. The largest absolute Gasteiger partial charge is 0.384 e. The molecule has 11 nitrogen and oxygen atoms in total. The number of hydrogen-bond donors (Lipinski definition) is 7. The fourth-order valence-corrected chi connectivity index (χ4v) is 5.88. The molecule has 230 valence electrons.